The number of carboxylic acids is 1. The van der Waals surface area contributed by atoms with Gasteiger partial charge >= 0.3 is 12.0 Å². The molecule has 136 valence electrons. The molecule has 0 spiro atoms. The van der Waals surface area contributed by atoms with Crippen LogP contribution in [0.1, 0.15) is 51.9 Å². The zero-order valence-electron chi connectivity index (χ0n) is 14.0. The number of carbonyl (C=O) groups excluding carboxylic acids is 2. The summed E-state index contributed by atoms with van der Waals surface area (Å²) >= 11 is 1.77. The van der Waals surface area contributed by atoms with Crippen molar-refractivity contribution in [1.29, 1.82) is 0 Å². The number of hydrogen-bond acceptors (Lipinski definition) is 5. The molecule has 2 heterocycles. The first kappa shape index (κ1) is 19.1. The summed E-state index contributed by atoms with van der Waals surface area (Å²) in [6.07, 6.45) is 4.21. The van der Waals surface area contributed by atoms with Gasteiger partial charge in [0.25, 0.3) is 0 Å². The van der Waals surface area contributed by atoms with Crippen LogP contribution in [0.25, 0.3) is 0 Å². The SMILES string of the molecule is CCCCCC(=O)C(N)(CCC[C@@H]1SC[C@@H]2NC(=O)N[C@@H]21)C(=O)O. The lowest BCUT2D eigenvalue weighted by Gasteiger charge is -2.24. The summed E-state index contributed by atoms with van der Waals surface area (Å²) in [6.45, 7) is 2.03. The zero-order valence-corrected chi connectivity index (χ0v) is 14.9. The number of urea groups is 1. The lowest BCUT2D eigenvalue weighted by atomic mass is 9.86. The van der Waals surface area contributed by atoms with Crippen LogP contribution in [0.5, 0.6) is 0 Å². The lowest BCUT2D eigenvalue weighted by molar-refractivity contribution is -0.148. The Morgan fingerprint density at radius 2 is 2.08 bits per heavy atom. The third-order valence-corrected chi connectivity index (χ3v) is 6.39. The number of carboxylic acid groups (broad SMARTS) is 1. The molecule has 0 aromatic rings. The fraction of sp³-hybridized carbons (Fsp3) is 0.812. The second kappa shape index (κ2) is 8.20. The van der Waals surface area contributed by atoms with Crippen molar-refractivity contribution in [2.24, 2.45) is 5.73 Å². The van der Waals surface area contributed by atoms with Crippen molar-refractivity contribution in [3.63, 3.8) is 0 Å². The Labute approximate surface area is 146 Å². The molecule has 0 bridgehead atoms. The Morgan fingerprint density at radius 3 is 2.75 bits per heavy atom. The van der Waals surface area contributed by atoms with E-state index in [0.717, 1.165) is 25.0 Å². The van der Waals surface area contributed by atoms with Crippen molar-refractivity contribution in [3.05, 3.63) is 0 Å². The first-order valence-corrected chi connectivity index (χ1v) is 9.67. The van der Waals surface area contributed by atoms with Gasteiger partial charge in [-0.3, -0.25) is 4.79 Å². The molecule has 0 radical (unpaired) electrons. The standard InChI is InChI=1S/C16H27N3O4S/c1-2-3-4-7-12(20)16(17,14(21)22)8-5-6-11-13-10(9-24-11)18-15(23)19-13/h10-11,13H,2-9,17H2,1H3,(H,21,22)(H2,18,19,23)/t10-,11-,13-,16?/m0/s1. The molecule has 1 unspecified atom stereocenters. The highest BCUT2D eigenvalue weighted by atomic mass is 32.2. The van der Waals surface area contributed by atoms with E-state index in [9.17, 15) is 19.5 Å². The van der Waals surface area contributed by atoms with Crippen LogP contribution in [0, 0.1) is 0 Å². The smallest absolute Gasteiger partial charge is 0.331 e. The molecule has 5 N–H and O–H groups in total. The van der Waals surface area contributed by atoms with Crippen LogP contribution >= 0.6 is 11.8 Å². The minimum atomic E-state index is -1.78. The molecule has 2 rings (SSSR count). The summed E-state index contributed by atoms with van der Waals surface area (Å²) in [4.78, 5) is 35.2. The number of Topliss-reactive ketones (excluding diaryl/α,β-unsaturated/α-hetero) is 1. The minimum Gasteiger partial charge on any atom is -0.480 e. The van der Waals surface area contributed by atoms with E-state index < -0.39 is 11.5 Å². The Balaban J connectivity index is 1.84. The molecule has 7 nitrogen and oxygen atoms in total. The van der Waals surface area contributed by atoms with Crippen LogP contribution in [0.3, 0.4) is 0 Å². The predicted molar refractivity (Wildman–Crippen MR) is 93.0 cm³/mol. The molecule has 24 heavy (non-hydrogen) atoms. The Hall–Kier alpha value is -1.28. The van der Waals surface area contributed by atoms with Crippen LogP contribution < -0.4 is 16.4 Å². The number of thioether (sulfide) groups is 1. The number of ketones is 1. The summed E-state index contributed by atoms with van der Waals surface area (Å²) in [7, 11) is 0. The van der Waals surface area contributed by atoms with Crippen LogP contribution in [0.15, 0.2) is 0 Å². The summed E-state index contributed by atoms with van der Waals surface area (Å²) in [6, 6.07) is 0.0881. The van der Waals surface area contributed by atoms with Gasteiger partial charge in [0.05, 0.1) is 12.1 Å². The van der Waals surface area contributed by atoms with E-state index in [1.54, 1.807) is 11.8 Å². The van der Waals surface area contributed by atoms with Gasteiger partial charge in [-0.1, -0.05) is 19.8 Å². The van der Waals surface area contributed by atoms with E-state index in [1.807, 2.05) is 6.92 Å². The topological polar surface area (TPSA) is 122 Å². The Bertz CT molecular complexity index is 502. The number of aliphatic carboxylic acids is 1. The average molecular weight is 357 g/mol. The summed E-state index contributed by atoms with van der Waals surface area (Å²) in [5.74, 6) is -0.760. The molecular formula is C16H27N3O4S. The van der Waals surface area contributed by atoms with Crippen molar-refractivity contribution in [1.82, 2.24) is 10.6 Å². The number of hydrogen-bond donors (Lipinski definition) is 4. The molecule has 0 aromatic heterocycles. The third kappa shape index (κ3) is 4.22. The van der Waals surface area contributed by atoms with Crippen LogP contribution in [-0.4, -0.2) is 51.5 Å². The summed E-state index contributed by atoms with van der Waals surface area (Å²) < 4.78 is 0. The van der Waals surface area contributed by atoms with E-state index >= 15 is 0 Å². The minimum absolute atomic E-state index is 0.0831. The fourth-order valence-electron chi connectivity index (χ4n) is 3.35. The summed E-state index contributed by atoms with van der Waals surface area (Å²) in [5.41, 5.74) is 4.16. The molecule has 2 saturated heterocycles. The summed E-state index contributed by atoms with van der Waals surface area (Å²) in [5, 5.41) is 15.4. The van der Waals surface area contributed by atoms with Crippen LogP contribution in [0.2, 0.25) is 0 Å². The number of nitrogens with one attached hydrogen (secondary N) is 2. The zero-order chi connectivity index (χ0) is 17.7. The van der Waals surface area contributed by atoms with Crippen LogP contribution in [-0.2, 0) is 9.59 Å². The van der Waals surface area contributed by atoms with Gasteiger partial charge in [-0.2, -0.15) is 11.8 Å². The monoisotopic (exact) mass is 357 g/mol. The fourth-order valence-corrected chi connectivity index (χ4v) is 4.89. The molecular weight excluding hydrogens is 330 g/mol. The van der Waals surface area contributed by atoms with Gasteiger partial charge in [-0.15, -0.1) is 0 Å². The van der Waals surface area contributed by atoms with E-state index in [-0.39, 0.29) is 42.0 Å². The van der Waals surface area contributed by atoms with E-state index in [1.165, 1.54) is 0 Å². The van der Waals surface area contributed by atoms with Crippen molar-refractivity contribution in [2.75, 3.05) is 5.75 Å². The highest BCUT2D eigenvalue weighted by Crippen LogP contribution is 2.33. The maximum atomic E-state index is 12.3. The quantitative estimate of drug-likeness (QED) is 0.265. The van der Waals surface area contributed by atoms with Gasteiger partial charge < -0.3 is 21.5 Å². The van der Waals surface area contributed by atoms with Crippen molar-refractivity contribution in [2.45, 2.75) is 74.7 Å². The highest BCUT2D eigenvalue weighted by Gasteiger charge is 2.44. The molecule has 2 aliphatic heterocycles. The number of amides is 2. The van der Waals surface area contributed by atoms with Crippen molar-refractivity contribution < 1.29 is 19.5 Å². The maximum Gasteiger partial charge on any atom is 0.331 e. The number of carbonyl (C=O) groups is 3. The molecule has 0 saturated carbocycles. The van der Waals surface area contributed by atoms with Gasteiger partial charge in [-0.05, 0) is 25.7 Å². The largest absolute Gasteiger partial charge is 0.480 e. The van der Waals surface area contributed by atoms with Crippen molar-refractivity contribution in [3.8, 4) is 0 Å². The Kier molecular flexibility index (Phi) is 6.51. The first-order chi connectivity index (χ1) is 11.4. The van der Waals surface area contributed by atoms with Crippen molar-refractivity contribution >= 4 is 29.5 Å². The first-order valence-electron chi connectivity index (χ1n) is 8.62. The van der Waals surface area contributed by atoms with E-state index in [0.29, 0.717) is 12.8 Å². The second-order valence-corrected chi connectivity index (χ2v) is 7.94. The molecule has 0 aliphatic carbocycles. The number of rotatable bonds is 10. The molecule has 8 heteroatoms. The number of fused-ring (bicyclic) bond motifs is 1. The lowest BCUT2D eigenvalue weighted by Crippen LogP contribution is -2.55. The highest BCUT2D eigenvalue weighted by molar-refractivity contribution is 8.00. The van der Waals surface area contributed by atoms with Gasteiger partial charge in [0.2, 0.25) is 0 Å². The second-order valence-electron chi connectivity index (χ2n) is 6.67. The molecule has 4 atom stereocenters. The Morgan fingerprint density at radius 1 is 1.33 bits per heavy atom. The predicted octanol–water partition coefficient (Wildman–Crippen LogP) is 1.25. The molecule has 2 aliphatic rings. The van der Waals surface area contributed by atoms with E-state index in [2.05, 4.69) is 10.6 Å². The maximum absolute atomic E-state index is 12.3. The van der Waals surface area contributed by atoms with Gasteiger partial charge in [0.15, 0.2) is 11.3 Å². The van der Waals surface area contributed by atoms with E-state index in [4.69, 9.17) is 5.73 Å². The normalized spacial score (nSPS) is 27.9. The number of unbranched alkanes of at least 4 members (excludes halogenated alkanes) is 2. The average Bonchev–Trinajstić information content (AvgIpc) is 3.07. The molecule has 0 aromatic carbocycles. The van der Waals surface area contributed by atoms with Gasteiger partial charge in [0.1, 0.15) is 0 Å². The van der Waals surface area contributed by atoms with Gasteiger partial charge in [0, 0.05) is 17.4 Å². The number of nitrogens with two attached hydrogens (primary N) is 1. The van der Waals surface area contributed by atoms with Crippen LogP contribution in [0.4, 0.5) is 4.79 Å². The molecule has 2 amide bonds. The van der Waals surface area contributed by atoms with Gasteiger partial charge in [-0.25, -0.2) is 9.59 Å². The molecule has 2 fully saturated rings. The third-order valence-electron chi connectivity index (χ3n) is 4.88.